The van der Waals surface area contributed by atoms with Gasteiger partial charge in [0.15, 0.2) is 0 Å². The molecule has 0 radical (unpaired) electrons. The molecule has 1 aliphatic heterocycles. The van der Waals surface area contributed by atoms with Crippen molar-refractivity contribution >= 4 is 29.2 Å². The largest absolute Gasteiger partial charge is 0.366 e. The van der Waals surface area contributed by atoms with E-state index in [0.29, 0.717) is 10.9 Å². The fourth-order valence-electron chi connectivity index (χ4n) is 4.14. The summed E-state index contributed by atoms with van der Waals surface area (Å²) < 4.78 is 0. The van der Waals surface area contributed by atoms with Gasteiger partial charge in [-0.25, -0.2) is 0 Å². The van der Waals surface area contributed by atoms with Crippen LogP contribution in [0, 0.1) is 6.92 Å². The van der Waals surface area contributed by atoms with Crippen LogP contribution in [-0.4, -0.2) is 18.3 Å². The van der Waals surface area contributed by atoms with Gasteiger partial charge in [-0.05, 0) is 86.6 Å². The maximum Gasteiger partial charge on any atom is 0.0644 e. The van der Waals surface area contributed by atoms with Crippen LogP contribution in [0.5, 0.6) is 0 Å². The summed E-state index contributed by atoms with van der Waals surface area (Å²) >= 11 is 6.06. The average molecular weight is 369 g/mol. The first-order valence-electron chi connectivity index (χ1n) is 9.53. The predicted molar refractivity (Wildman–Crippen MR) is 115 cm³/mol. The number of nitrogens with zero attached hydrogens (tertiary/aromatic N) is 2. The van der Waals surface area contributed by atoms with E-state index in [1.807, 2.05) is 30.5 Å². The Morgan fingerprint density at radius 3 is 2.73 bits per heavy atom. The second-order valence-electron chi connectivity index (χ2n) is 8.07. The maximum absolute atomic E-state index is 6.06. The van der Waals surface area contributed by atoms with Gasteiger partial charge in [0.25, 0.3) is 0 Å². The van der Waals surface area contributed by atoms with Crippen molar-refractivity contribution in [1.29, 1.82) is 0 Å². The Morgan fingerprint density at radius 1 is 1.27 bits per heavy atom. The zero-order valence-electron chi connectivity index (χ0n) is 16.5. The summed E-state index contributed by atoms with van der Waals surface area (Å²) in [5.41, 5.74) is 6.37. The highest BCUT2D eigenvalue weighted by molar-refractivity contribution is 6.30. The van der Waals surface area contributed by atoms with E-state index < -0.39 is 0 Å². The molecule has 0 bridgehead atoms. The quantitative estimate of drug-likeness (QED) is 0.536. The minimum atomic E-state index is 0.200. The van der Waals surface area contributed by atoms with E-state index in [0.717, 1.165) is 18.7 Å². The molecule has 1 heterocycles. The molecule has 0 aromatic heterocycles. The fourth-order valence-corrected chi connectivity index (χ4v) is 4.32. The highest BCUT2D eigenvalue weighted by atomic mass is 35.5. The Kier molecular flexibility index (Phi) is 5.43. The lowest BCUT2D eigenvalue weighted by molar-refractivity contribution is 0.376. The molecule has 0 saturated carbocycles. The molecule has 0 fully saturated rings. The molecular weight excluding hydrogens is 340 g/mol. The summed E-state index contributed by atoms with van der Waals surface area (Å²) in [4.78, 5) is 7.22. The van der Waals surface area contributed by atoms with Crippen LogP contribution in [0.25, 0.3) is 0 Å². The number of aliphatic imine (C=N–C) groups is 1. The van der Waals surface area contributed by atoms with E-state index in [-0.39, 0.29) is 5.54 Å². The van der Waals surface area contributed by atoms with Gasteiger partial charge >= 0.3 is 0 Å². The van der Waals surface area contributed by atoms with E-state index in [1.165, 1.54) is 28.8 Å². The first kappa shape index (κ1) is 19.0. The highest BCUT2D eigenvalue weighted by Crippen LogP contribution is 2.44. The number of aryl methyl sites for hydroxylation is 1. The van der Waals surface area contributed by atoms with Gasteiger partial charge in [-0.2, -0.15) is 0 Å². The number of anilines is 1. The maximum atomic E-state index is 6.06. The van der Waals surface area contributed by atoms with E-state index in [9.17, 15) is 0 Å². The Hall–Kier alpha value is -1.80. The lowest BCUT2D eigenvalue weighted by Crippen LogP contribution is -2.48. The molecule has 0 spiro atoms. The molecule has 2 aromatic rings. The van der Waals surface area contributed by atoms with Gasteiger partial charge in [-0.3, -0.25) is 4.99 Å². The molecule has 2 nitrogen and oxygen atoms in total. The molecule has 0 aliphatic carbocycles. The van der Waals surface area contributed by atoms with Crippen molar-refractivity contribution in [1.82, 2.24) is 0 Å². The lowest BCUT2D eigenvalue weighted by atomic mass is 9.79. The van der Waals surface area contributed by atoms with Gasteiger partial charge < -0.3 is 4.90 Å². The SMILES string of the molecule is CCCN1c2cc(C)c(C=Nc3cccc(Cl)c3)cc2C(C)CC1(C)C. The van der Waals surface area contributed by atoms with E-state index in [1.54, 1.807) is 0 Å². The minimum absolute atomic E-state index is 0.200. The molecule has 1 atom stereocenters. The second-order valence-corrected chi connectivity index (χ2v) is 8.51. The number of rotatable bonds is 4. The number of fused-ring (bicyclic) bond motifs is 1. The average Bonchev–Trinajstić information content (AvgIpc) is 2.57. The van der Waals surface area contributed by atoms with Crippen LogP contribution in [0.2, 0.25) is 5.02 Å². The van der Waals surface area contributed by atoms with Crippen LogP contribution < -0.4 is 4.90 Å². The molecule has 0 amide bonds. The van der Waals surface area contributed by atoms with Crippen LogP contribution in [-0.2, 0) is 0 Å². The van der Waals surface area contributed by atoms with Crippen molar-refractivity contribution in [3.8, 4) is 0 Å². The number of benzene rings is 2. The summed E-state index contributed by atoms with van der Waals surface area (Å²) in [6, 6.07) is 12.4. The van der Waals surface area contributed by atoms with Gasteiger partial charge in [0.05, 0.1) is 5.69 Å². The third kappa shape index (κ3) is 3.81. The van der Waals surface area contributed by atoms with Crippen molar-refractivity contribution in [2.75, 3.05) is 11.4 Å². The van der Waals surface area contributed by atoms with Crippen LogP contribution in [0.1, 0.15) is 63.1 Å². The van der Waals surface area contributed by atoms with Crippen molar-refractivity contribution in [2.24, 2.45) is 4.99 Å². The number of halogens is 1. The van der Waals surface area contributed by atoms with Gasteiger partial charge in [0, 0.05) is 29.0 Å². The summed E-state index contributed by atoms with van der Waals surface area (Å²) in [6.07, 6.45) is 4.31. The van der Waals surface area contributed by atoms with Crippen molar-refractivity contribution in [3.05, 3.63) is 58.1 Å². The molecule has 3 rings (SSSR count). The number of hydrogen-bond donors (Lipinski definition) is 0. The molecule has 2 aromatic carbocycles. The Labute approximate surface area is 162 Å². The third-order valence-corrected chi connectivity index (χ3v) is 5.62. The van der Waals surface area contributed by atoms with Gasteiger partial charge in [-0.15, -0.1) is 0 Å². The Morgan fingerprint density at radius 2 is 2.04 bits per heavy atom. The summed E-state index contributed by atoms with van der Waals surface area (Å²) in [5.74, 6) is 0.548. The molecule has 26 heavy (non-hydrogen) atoms. The summed E-state index contributed by atoms with van der Waals surface area (Å²) in [7, 11) is 0. The molecule has 0 saturated heterocycles. The molecule has 1 unspecified atom stereocenters. The van der Waals surface area contributed by atoms with E-state index >= 15 is 0 Å². The molecular formula is C23H29ClN2. The zero-order valence-corrected chi connectivity index (χ0v) is 17.3. The minimum Gasteiger partial charge on any atom is -0.366 e. The molecule has 1 aliphatic rings. The van der Waals surface area contributed by atoms with Crippen LogP contribution in [0.3, 0.4) is 0 Å². The van der Waals surface area contributed by atoms with Crippen molar-refractivity contribution in [3.63, 3.8) is 0 Å². The lowest BCUT2D eigenvalue weighted by Gasteiger charge is -2.48. The predicted octanol–water partition coefficient (Wildman–Crippen LogP) is 6.90. The highest BCUT2D eigenvalue weighted by Gasteiger charge is 2.36. The normalized spacial score (nSPS) is 19.0. The first-order chi connectivity index (χ1) is 12.3. The van der Waals surface area contributed by atoms with Crippen LogP contribution in [0.15, 0.2) is 41.4 Å². The van der Waals surface area contributed by atoms with Crippen molar-refractivity contribution in [2.45, 2.75) is 58.9 Å². The third-order valence-electron chi connectivity index (χ3n) is 5.38. The smallest absolute Gasteiger partial charge is 0.0644 e. The van der Waals surface area contributed by atoms with Gasteiger partial charge in [0.1, 0.15) is 0 Å². The first-order valence-corrected chi connectivity index (χ1v) is 9.91. The summed E-state index contributed by atoms with van der Waals surface area (Å²) in [6.45, 7) is 12.6. The van der Waals surface area contributed by atoms with E-state index in [2.05, 4.69) is 56.6 Å². The van der Waals surface area contributed by atoms with Gasteiger partial charge in [0.2, 0.25) is 0 Å². The zero-order chi connectivity index (χ0) is 18.9. The van der Waals surface area contributed by atoms with Gasteiger partial charge in [-0.1, -0.05) is 31.5 Å². The van der Waals surface area contributed by atoms with Crippen LogP contribution >= 0.6 is 11.6 Å². The Balaban J connectivity index is 2.00. The number of hydrogen-bond acceptors (Lipinski definition) is 2. The standard InChI is InChI=1S/C23H29ClN2/c1-6-10-26-22-11-16(2)18(12-21(22)17(3)14-23(26,4)5)15-25-20-9-7-8-19(24)13-20/h7-9,11-13,15,17H,6,10,14H2,1-5H3. The topological polar surface area (TPSA) is 15.6 Å². The molecule has 0 N–H and O–H groups in total. The fraction of sp³-hybridized carbons (Fsp3) is 0.435. The summed E-state index contributed by atoms with van der Waals surface area (Å²) in [5, 5.41) is 0.716. The molecule has 138 valence electrons. The Bertz CT molecular complexity index is 823. The second kappa shape index (κ2) is 7.44. The monoisotopic (exact) mass is 368 g/mol. The van der Waals surface area contributed by atoms with E-state index in [4.69, 9.17) is 11.6 Å². The van der Waals surface area contributed by atoms with Crippen LogP contribution in [0.4, 0.5) is 11.4 Å². The van der Waals surface area contributed by atoms with Crippen molar-refractivity contribution < 1.29 is 0 Å². The molecule has 3 heteroatoms.